The van der Waals surface area contributed by atoms with Crippen LogP contribution in [0, 0.1) is 0 Å². The third-order valence-electron chi connectivity index (χ3n) is 4.61. The van der Waals surface area contributed by atoms with E-state index in [0.29, 0.717) is 48.1 Å². The van der Waals surface area contributed by atoms with Gasteiger partial charge in [-0.25, -0.2) is 9.78 Å². The lowest BCUT2D eigenvalue weighted by atomic mass is 9.96. The molecule has 5 nitrogen and oxygen atoms in total. The Morgan fingerprint density at radius 2 is 1.68 bits per heavy atom. The van der Waals surface area contributed by atoms with Crippen LogP contribution < -0.4 is 5.48 Å². The Labute approximate surface area is 196 Å². The highest BCUT2D eigenvalue weighted by Crippen LogP contribution is 2.37. The summed E-state index contributed by atoms with van der Waals surface area (Å²) in [6, 6.07) is 15.0. The number of nitrogens with one attached hydrogen (secondary N) is 1. The Balaban J connectivity index is 1.77. The first-order valence-electron chi connectivity index (χ1n) is 8.86. The Bertz CT molecular complexity index is 1310. The maximum Gasteiger partial charge on any atom is 0.336 e. The second-order valence-corrected chi connectivity index (χ2v) is 8.64. The van der Waals surface area contributed by atoms with E-state index in [9.17, 15) is 15.1 Å². The van der Waals surface area contributed by atoms with Crippen molar-refractivity contribution in [2.75, 3.05) is 5.48 Å². The summed E-state index contributed by atoms with van der Waals surface area (Å²) in [7, 11) is 0. The van der Waals surface area contributed by atoms with Crippen LogP contribution in [-0.2, 0) is 0 Å². The van der Waals surface area contributed by atoms with Crippen molar-refractivity contribution in [2.24, 2.45) is 0 Å². The normalized spacial score (nSPS) is 10.8. The van der Waals surface area contributed by atoms with Crippen molar-refractivity contribution in [3.05, 3.63) is 80.6 Å². The Hall–Kier alpha value is -2.61. The number of halogens is 3. The smallest absolute Gasteiger partial charge is 0.336 e. The maximum atomic E-state index is 12.0. The molecule has 0 bridgehead atoms. The molecule has 0 fully saturated rings. The average Bonchev–Trinajstić information content (AvgIpc) is 3.25. The number of benzene rings is 3. The predicted molar refractivity (Wildman–Crippen MR) is 126 cm³/mol. The number of carbonyl (C=O) groups is 1. The number of thiazole rings is 1. The van der Waals surface area contributed by atoms with Crippen LogP contribution in [0.3, 0.4) is 0 Å². The minimum absolute atomic E-state index is 0.0579. The standard InChI is InChI=1S/C22H13Cl3N2O3S/c23-13-3-6-19(27-30)15(9-13)14-4-1-12(7-16(14)22(28)29)21-26-20(10-31-21)11-2-5-17(24)18(25)8-11/h1-10,27,30H,(H,28,29). The van der Waals surface area contributed by atoms with Crippen molar-refractivity contribution >= 4 is 57.8 Å². The molecule has 0 saturated carbocycles. The maximum absolute atomic E-state index is 12.0. The molecule has 31 heavy (non-hydrogen) atoms. The number of hydrogen-bond acceptors (Lipinski definition) is 5. The minimum atomic E-state index is -1.11. The van der Waals surface area contributed by atoms with Crippen molar-refractivity contribution in [1.82, 2.24) is 4.98 Å². The van der Waals surface area contributed by atoms with Gasteiger partial charge < -0.3 is 5.11 Å². The van der Waals surface area contributed by atoms with Gasteiger partial charge in [-0.15, -0.1) is 11.3 Å². The van der Waals surface area contributed by atoms with Crippen LogP contribution in [0.1, 0.15) is 10.4 Å². The van der Waals surface area contributed by atoms with Crippen LogP contribution in [0.2, 0.25) is 15.1 Å². The Kier molecular flexibility index (Phi) is 6.18. The predicted octanol–water partition coefficient (Wildman–Crippen LogP) is 7.60. The van der Waals surface area contributed by atoms with Crippen molar-refractivity contribution in [2.45, 2.75) is 0 Å². The van der Waals surface area contributed by atoms with Crippen LogP contribution in [0.4, 0.5) is 5.69 Å². The molecule has 0 aliphatic rings. The summed E-state index contributed by atoms with van der Waals surface area (Å²) in [6.07, 6.45) is 0. The largest absolute Gasteiger partial charge is 0.478 e. The molecular formula is C22H13Cl3N2O3S. The monoisotopic (exact) mass is 490 g/mol. The van der Waals surface area contributed by atoms with E-state index in [2.05, 4.69) is 10.5 Å². The van der Waals surface area contributed by atoms with Gasteiger partial charge in [-0.2, -0.15) is 0 Å². The van der Waals surface area contributed by atoms with Crippen LogP contribution in [0.5, 0.6) is 0 Å². The van der Waals surface area contributed by atoms with Gasteiger partial charge in [0.1, 0.15) is 5.01 Å². The SMILES string of the molecule is O=C(O)c1cc(-c2nc(-c3ccc(Cl)c(Cl)c3)cs2)ccc1-c1cc(Cl)ccc1NO. The lowest BCUT2D eigenvalue weighted by Gasteiger charge is -2.12. The lowest BCUT2D eigenvalue weighted by Crippen LogP contribution is -2.02. The van der Waals surface area contributed by atoms with Gasteiger partial charge in [-0.05, 0) is 42.0 Å². The van der Waals surface area contributed by atoms with Crippen LogP contribution >= 0.6 is 46.1 Å². The van der Waals surface area contributed by atoms with Crippen LogP contribution in [0.15, 0.2) is 60.0 Å². The summed E-state index contributed by atoms with van der Waals surface area (Å²) in [5.74, 6) is -1.11. The molecule has 0 spiro atoms. The summed E-state index contributed by atoms with van der Waals surface area (Å²) in [5, 5.41) is 23.1. The van der Waals surface area contributed by atoms with Gasteiger partial charge in [0.05, 0.1) is 27.0 Å². The van der Waals surface area contributed by atoms with Crippen molar-refractivity contribution in [3.8, 4) is 33.0 Å². The van der Waals surface area contributed by atoms with E-state index in [-0.39, 0.29) is 5.56 Å². The zero-order valence-corrected chi connectivity index (χ0v) is 18.6. The summed E-state index contributed by atoms with van der Waals surface area (Å²) in [5.41, 5.74) is 5.53. The molecule has 0 aliphatic heterocycles. The number of carboxylic acids is 1. The van der Waals surface area contributed by atoms with E-state index >= 15 is 0 Å². The van der Waals surface area contributed by atoms with Gasteiger partial charge in [-0.1, -0.05) is 53.0 Å². The first-order chi connectivity index (χ1) is 14.9. The molecule has 3 aromatic carbocycles. The van der Waals surface area contributed by atoms with Crippen molar-refractivity contribution in [3.63, 3.8) is 0 Å². The Morgan fingerprint density at radius 3 is 2.39 bits per heavy atom. The topological polar surface area (TPSA) is 82.5 Å². The molecule has 0 unspecified atom stereocenters. The van der Waals surface area contributed by atoms with Gasteiger partial charge in [0.25, 0.3) is 0 Å². The highest BCUT2D eigenvalue weighted by Gasteiger charge is 2.18. The first kappa shape index (κ1) is 21.6. The third kappa shape index (κ3) is 4.39. The van der Waals surface area contributed by atoms with E-state index in [1.165, 1.54) is 11.3 Å². The molecule has 0 aliphatic carbocycles. The molecule has 1 heterocycles. The molecule has 156 valence electrons. The number of nitrogens with zero attached hydrogens (tertiary/aromatic N) is 1. The number of anilines is 1. The van der Waals surface area contributed by atoms with E-state index in [1.807, 2.05) is 11.4 Å². The van der Waals surface area contributed by atoms with Gasteiger partial charge in [0.15, 0.2) is 0 Å². The molecule has 0 radical (unpaired) electrons. The Morgan fingerprint density at radius 1 is 0.903 bits per heavy atom. The minimum Gasteiger partial charge on any atom is -0.478 e. The van der Waals surface area contributed by atoms with Crippen LogP contribution in [-0.4, -0.2) is 21.3 Å². The van der Waals surface area contributed by atoms with Crippen LogP contribution in [0.25, 0.3) is 33.0 Å². The van der Waals surface area contributed by atoms with Gasteiger partial charge in [0, 0.05) is 27.1 Å². The van der Waals surface area contributed by atoms with E-state index in [0.717, 1.165) is 5.56 Å². The molecule has 9 heteroatoms. The molecule has 4 rings (SSSR count). The highest BCUT2D eigenvalue weighted by molar-refractivity contribution is 7.13. The fraction of sp³-hybridized carbons (Fsp3) is 0. The highest BCUT2D eigenvalue weighted by atomic mass is 35.5. The van der Waals surface area contributed by atoms with Gasteiger partial charge >= 0.3 is 5.97 Å². The number of aromatic nitrogens is 1. The fourth-order valence-electron chi connectivity index (χ4n) is 3.12. The number of carboxylic acid groups (broad SMARTS) is 1. The molecule has 3 N–H and O–H groups in total. The van der Waals surface area contributed by atoms with E-state index < -0.39 is 5.97 Å². The molecule has 0 atom stereocenters. The number of aromatic carboxylic acids is 1. The summed E-state index contributed by atoms with van der Waals surface area (Å²) < 4.78 is 0. The molecule has 4 aromatic rings. The quantitative estimate of drug-likeness (QED) is 0.250. The summed E-state index contributed by atoms with van der Waals surface area (Å²) in [4.78, 5) is 16.6. The third-order valence-corrected chi connectivity index (χ3v) is 6.47. The van der Waals surface area contributed by atoms with Crippen molar-refractivity contribution in [1.29, 1.82) is 0 Å². The zero-order chi connectivity index (χ0) is 22.1. The van der Waals surface area contributed by atoms with E-state index in [1.54, 1.807) is 48.5 Å². The first-order valence-corrected chi connectivity index (χ1v) is 10.9. The molecule has 0 amide bonds. The van der Waals surface area contributed by atoms with E-state index in [4.69, 9.17) is 34.8 Å². The molecule has 1 aromatic heterocycles. The fourth-order valence-corrected chi connectivity index (χ4v) is 4.42. The average molecular weight is 492 g/mol. The molecule has 0 saturated heterocycles. The molecular weight excluding hydrogens is 479 g/mol. The number of rotatable bonds is 5. The van der Waals surface area contributed by atoms with Gasteiger partial charge in [-0.3, -0.25) is 10.7 Å². The number of hydrogen-bond donors (Lipinski definition) is 3. The second-order valence-electron chi connectivity index (χ2n) is 6.53. The summed E-state index contributed by atoms with van der Waals surface area (Å²) >= 11 is 19.5. The summed E-state index contributed by atoms with van der Waals surface area (Å²) in [6.45, 7) is 0. The van der Waals surface area contributed by atoms with Gasteiger partial charge in [0.2, 0.25) is 0 Å². The zero-order valence-electron chi connectivity index (χ0n) is 15.6. The lowest BCUT2D eigenvalue weighted by molar-refractivity contribution is 0.0697. The van der Waals surface area contributed by atoms with Crippen molar-refractivity contribution < 1.29 is 15.1 Å². The second kappa shape index (κ2) is 8.86.